The van der Waals surface area contributed by atoms with Gasteiger partial charge in [0.1, 0.15) is 30.0 Å². The largest absolute Gasteiger partial charge is 0.493 e. The summed E-state index contributed by atoms with van der Waals surface area (Å²) in [5.74, 6) is 0.178. The Kier molecular flexibility index (Phi) is 9.47. The Bertz CT molecular complexity index is 1440. The topological polar surface area (TPSA) is 127 Å². The fourth-order valence-corrected chi connectivity index (χ4v) is 7.90. The number of pyridine rings is 1. The Morgan fingerprint density at radius 2 is 1.89 bits per heavy atom. The summed E-state index contributed by atoms with van der Waals surface area (Å²) >= 11 is 0. The van der Waals surface area contributed by atoms with Crippen molar-refractivity contribution in [2.45, 2.75) is 102 Å². The van der Waals surface area contributed by atoms with Crippen LogP contribution in [-0.4, -0.2) is 70.4 Å². The van der Waals surface area contributed by atoms with Crippen molar-refractivity contribution in [1.82, 2.24) is 15.2 Å². The maximum absolute atomic E-state index is 14.2. The van der Waals surface area contributed by atoms with E-state index in [2.05, 4.69) is 24.4 Å². The summed E-state index contributed by atoms with van der Waals surface area (Å²) in [6.07, 6.45) is 10.5. The molecule has 6 atom stereocenters. The fraction of sp³-hybridized carbons (Fsp3) is 0.600. The van der Waals surface area contributed by atoms with E-state index in [9.17, 15) is 19.5 Å². The maximum atomic E-state index is 14.2. The van der Waals surface area contributed by atoms with Crippen LogP contribution in [0.5, 0.6) is 11.6 Å². The second kappa shape index (κ2) is 13.7. The molecule has 242 valence electrons. The molecule has 1 aromatic heterocycles. The molecule has 1 unspecified atom stereocenters. The molecule has 10 nitrogen and oxygen atoms in total. The summed E-state index contributed by atoms with van der Waals surface area (Å²) in [4.78, 5) is 46.2. The highest BCUT2D eigenvalue weighted by Crippen LogP contribution is 2.39. The predicted octanol–water partition coefficient (Wildman–Crippen LogP) is 5.66. The molecule has 2 aliphatic heterocycles. The first-order valence-electron chi connectivity index (χ1n) is 16.7. The molecular formula is C35H45N3O7. The number of aliphatic carboxylic acids is 1. The molecule has 6 rings (SSSR count). The average Bonchev–Trinajstić information content (AvgIpc) is 3.78. The molecule has 1 saturated heterocycles. The minimum atomic E-state index is -1.10. The number of benzene rings is 1. The number of para-hydroxylation sites is 1. The van der Waals surface area contributed by atoms with Crippen LogP contribution in [0.25, 0.3) is 10.9 Å². The lowest BCUT2D eigenvalue weighted by atomic mass is 9.91. The summed E-state index contributed by atoms with van der Waals surface area (Å²) in [6, 6.07) is 5.82. The number of aromatic nitrogens is 1. The maximum Gasteiger partial charge on any atom is 0.408 e. The molecular weight excluding hydrogens is 574 g/mol. The molecule has 3 heterocycles. The van der Waals surface area contributed by atoms with Gasteiger partial charge in [-0.1, -0.05) is 44.1 Å². The summed E-state index contributed by atoms with van der Waals surface area (Å²) in [5, 5.41) is 14.0. The van der Waals surface area contributed by atoms with Crippen molar-refractivity contribution >= 4 is 28.9 Å². The number of fused-ring (bicyclic) bond motifs is 5. The first-order valence-corrected chi connectivity index (χ1v) is 16.7. The van der Waals surface area contributed by atoms with E-state index in [1.807, 2.05) is 31.2 Å². The molecule has 4 aliphatic rings. The van der Waals surface area contributed by atoms with Crippen molar-refractivity contribution in [3.8, 4) is 11.6 Å². The van der Waals surface area contributed by atoms with Crippen LogP contribution in [0, 0.1) is 17.8 Å². The van der Waals surface area contributed by atoms with Gasteiger partial charge < -0.3 is 29.5 Å². The number of hydrogen-bond donors (Lipinski definition) is 2. The summed E-state index contributed by atoms with van der Waals surface area (Å²) in [7, 11) is 0. The van der Waals surface area contributed by atoms with Gasteiger partial charge in [-0.05, 0) is 81.8 Å². The second-order valence-corrected chi connectivity index (χ2v) is 13.1. The van der Waals surface area contributed by atoms with Crippen molar-refractivity contribution in [2.75, 3.05) is 13.2 Å². The Balaban J connectivity index is 1.39. The molecule has 2 amide bonds. The van der Waals surface area contributed by atoms with E-state index in [-0.39, 0.29) is 36.8 Å². The number of rotatable bonds is 4. The zero-order valence-electron chi connectivity index (χ0n) is 26.3. The molecule has 0 radical (unpaired) electrons. The minimum absolute atomic E-state index is 0.0731. The number of amides is 2. The third-order valence-electron chi connectivity index (χ3n) is 10.2. The lowest BCUT2D eigenvalue weighted by molar-refractivity contribution is -0.149. The van der Waals surface area contributed by atoms with Crippen LogP contribution in [0.15, 0.2) is 36.4 Å². The molecule has 2 bridgehead atoms. The van der Waals surface area contributed by atoms with E-state index < -0.39 is 30.3 Å². The number of allylic oxidation sites excluding steroid dienone is 2. The number of nitrogens with one attached hydrogen (secondary N) is 1. The minimum Gasteiger partial charge on any atom is -0.493 e. The fourth-order valence-electron chi connectivity index (χ4n) is 7.90. The van der Waals surface area contributed by atoms with Crippen LogP contribution in [0.1, 0.15) is 77.2 Å². The van der Waals surface area contributed by atoms with Crippen molar-refractivity contribution < 1.29 is 33.7 Å². The molecule has 10 heteroatoms. The molecule has 2 aliphatic carbocycles. The molecule has 2 aromatic rings. The highest BCUT2D eigenvalue weighted by atomic mass is 16.6. The van der Waals surface area contributed by atoms with Gasteiger partial charge in [0, 0.05) is 11.8 Å². The number of carboxylic acids is 1. The van der Waals surface area contributed by atoms with Crippen LogP contribution < -0.4 is 14.8 Å². The summed E-state index contributed by atoms with van der Waals surface area (Å²) in [5.41, 5.74) is 1.52. The molecule has 1 aromatic carbocycles. The molecule has 2 N–H and O–H groups in total. The number of ether oxygens (including phenoxy) is 3. The van der Waals surface area contributed by atoms with Crippen LogP contribution in [0.4, 0.5) is 4.79 Å². The van der Waals surface area contributed by atoms with E-state index in [0.717, 1.165) is 67.8 Å². The Morgan fingerprint density at radius 1 is 1.09 bits per heavy atom. The van der Waals surface area contributed by atoms with E-state index in [1.165, 1.54) is 4.90 Å². The van der Waals surface area contributed by atoms with Crippen molar-refractivity contribution in [3.63, 3.8) is 0 Å². The highest BCUT2D eigenvalue weighted by Gasteiger charge is 2.46. The third kappa shape index (κ3) is 6.60. The second-order valence-electron chi connectivity index (χ2n) is 13.1. The smallest absolute Gasteiger partial charge is 0.408 e. The standard InChI is InChI=1S/C35H45N3O7/c1-3-43-31-25-14-9-10-16-27(25)36-32-26(31)15-6-4-5-13-24-21(2)17-18-29(24)45-35(42)37-30(22-11-7-8-12-22)33(39)38-20-23(44-32)19-28(38)34(40)41/h4,6,9-10,14,16,21-24,28-30H,3,5,7-8,11-13,15,17-20H2,1-2H3,(H,37,42)(H,40,41)/t21?,23-,24+,28+,29-,30+/m1/s1. The molecule has 0 spiro atoms. The van der Waals surface area contributed by atoms with Gasteiger partial charge in [-0.2, -0.15) is 0 Å². The van der Waals surface area contributed by atoms with Crippen LogP contribution in [0.3, 0.4) is 0 Å². The lowest BCUT2D eigenvalue weighted by Crippen LogP contribution is -2.55. The Hall–Kier alpha value is -3.82. The lowest BCUT2D eigenvalue weighted by Gasteiger charge is -2.31. The van der Waals surface area contributed by atoms with Crippen LogP contribution in [-0.2, 0) is 20.7 Å². The zero-order valence-corrected chi connectivity index (χ0v) is 26.3. The van der Waals surface area contributed by atoms with Crippen molar-refractivity contribution in [1.29, 1.82) is 0 Å². The zero-order chi connectivity index (χ0) is 31.5. The SMILES string of the molecule is CCOc1c2c(nc3ccccc13)O[C@@H]1C[C@@H](C(=O)O)N(C1)C(=O)[C@H](C1CCCC1)NC(=O)O[C@@H]1CCC(C)[C@@H]1CCC=CC2. The van der Waals surface area contributed by atoms with Gasteiger partial charge in [0.05, 0.1) is 24.2 Å². The van der Waals surface area contributed by atoms with Gasteiger partial charge in [0.15, 0.2) is 0 Å². The van der Waals surface area contributed by atoms with E-state index >= 15 is 0 Å². The highest BCUT2D eigenvalue weighted by molar-refractivity contribution is 5.90. The number of carboxylic acid groups (broad SMARTS) is 1. The van der Waals surface area contributed by atoms with Crippen LogP contribution >= 0.6 is 0 Å². The van der Waals surface area contributed by atoms with E-state index in [0.29, 0.717) is 30.6 Å². The van der Waals surface area contributed by atoms with Gasteiger partial charge >= 0.3 is 12.1 Å². The van der Waals surface area contributed by atoms with Gasteiger partial charge in [-0.3, -0.25) is 4.79 Å². The van der Waals surface area contributed by atoms with E-state index in [1.54, 1.807) is 0 Å². The van der Waals surface area contributed by atoms with Gasteiger partial charge in [0.2, 0.25) is 11.8 Å². The van der Waals surface area contributed by atoms with E-state index in [4.69, 9.17) is 19.2 Å². The summed E-state index contributed by atoms with van der Waals surface area (Å²) in [6.45, 7) is 4.69. The Morgan fingerprint density at radius 3 is 2.67 bits per heavy atom. The quantitative estimate of drug-likeness (QED) is 0.420. The number of nitrogens with zero attached hydrogens (tertiary/aromatic N) is 2. The predicted molar refractivity (Wildman–Crippen MR) is 168 cm³/mol. The van der Waals surface area contributed by atoms with Crippen molar-refractivity contribution in [2.24, 2.45) is 17.8 Å². The van der Waals surface area contributed by atoms with Crippen LogP contribution in [0.2, 0.25) is 0 Å². The van der Waals surface area contributed by atoms with Gasteiger partial charge in [-0.25, -0.2) is 14.6 Å². The number of carbonyl (C=O) groups excluding carboxylic acids is 2. The average molecular weight is 620 g/mol. The van der Waals surface area contributed by atoms with Crippen molar-refractivity contribution in [3.05, 3.63) is 42.0 Å². The monoisotopic (exact) mass is 619 g/mol. The van der Waals surface area contributed by atoms with Gasteiger partial charge in [0.25, 0.3) is 0 Å². The summed E-state index contributed by atoms with van der Waals surface area (Å²) < 4.78 is 18.7. The molecule has 45 heavy (non-hydrogen) atoms. The normalized spacial score (nSPS) is 29.7. The molecule has 2 saturated carbocycles. The number of alkyl carbamates (subject to hydrolysis) is 1. The Labute approximate surface area is 264 Å². The number of carbonyl (C=O) groups is 3. The first kappa shape index (κ1) is 31.2. The third-order valence-corrected chi connectivity index (χ3v) is 10.2. The number of hydrogen-bond acceptors (Lipinski definition) is 7. The molecule has 3 fully saturated rings. The van der Waals surface area contributed by atoms with Gasteiger partial charge in [-0.15, -0.1) is 0 Å². The first-order chi connectivity index (χ1) is 21.8.